The highest BCUT2D eigenvalue weighted by Gasteiger charge is 2.30. The lowest BCUT2D eigenvalue weighted by atomic mass is 10.2. The van der Waals surface area contributed by atoms with E-state index in [9.17, 15) is 5.11 Å². The molecule has 1 fully saturated rings. The Morgan fingerprint density at radius 3 is 2.85 bits per heavy atom. The Labute approximate surface area is 80.7 Å². The molecule has 1 heterocycles. The van der Waals surface area contributed by atoms with Crippen LogP contribution in [-0.2, 0) is 4.74 Å². The molecule has 1 rings (SSSR count). The fourth-order valence-corrected chi connectivity index (χ4v) is 1.82. The second kappa shape index (κ2) is 4.94. The van der Waals surface area contributed by atoms with Crippen molar-refractivity contribution in [1.29, 1.82) is 0 Å². The number of hydrogen-bond acceptors (Lipinski definition) is 3. The maximum absolute atomic E-state index is 9.32. The van der Waals surface area contributed by atoms with Gasteiger partial charge in [-0.05, 0) is 20.3 Å². The predicted molar refractivity (Wildman–Crippen MR) is 52.5 cm³/mol. The maximum Gasteiger partial charge on any atom is 0.111 e. The van der Waals surface area contributed by atoms with Crippen molar-refractivity contribution in [2.45, 2.75) is 52.0 Å². The summed E-state index contributed by atoms with van der Waals surface area (Å²) in [4.78, 5) is 2.26. The molecule has 0 bridgehead atoms. The van der Waals surface area contributed by atoms with Gasteiger partial charge in [-0.15, -0.1) is 0 Å². The highest BCUT2D eigenvalue weighted by atomic mass is 16.5. The highest BCUT2D eigenvalue weighted by Crippen LogP contribution is 2.20. The van der Waals surface area contributed by atoms with Gasteiger partial charge < -0.3 is 9.84 Å². The van der Waals surface area contributed by atoms with Gasteiger partial charge in [-0.25, -0.2) is 0 Å². The zero-order chi connectivity index (χ0) is 9.84. The van der Waals surface area contributed by atoms with Crippen molar-refractivity contribution < 1.29 is 9.84 Å². The monoisotopic (exact) mass is 187 g/mol. The van der Waals surface area contributed by atoms with Crippen LogP contribution in [0.25, 0.3) is 0 Å². The molecular formula is C10H21NO2. The van der Waals surface area contributed by atoms with Crippen molar-refractivity contribution in [2.24, 2.45) is 0 Å². The highest BCUT2D eigenvalue weighted by molar-refractivity contribution is 4.78. The van der Waals surface area contributed by atoms with E-state index in [0.717, 1.165) is 26.0 Å². The molecule has 0 radical (unpaired) electrons. The van der Waals surface area contributed by atoms with Crippen molar-refractivity contribution in [3.05, 3.63) is 0 Å². The number of aliphatic hydroxyl groups is 1. The number of β-amino-alcohol motifs (C(OH)–C–C–N with tert-alkyl or cyclic N) is 1. The lowest BCUT2D eigenvalue weighted by molar-refractivity contribution is 0.00380. The van der Waals surface area contributed by atoms with Gasteiger partial charge in [0, 0.05) is 12.6 Å². The summed E-state index contributed by atoms with van der Waals surface area (Å²) in [5.41, 5.74) is 0. The van der Waals surface area contributed by atoms with E-state index in [4.69, 9.17) is 4.74 Å². The van der Waals surface area contributed by atoms with E-state index in [1.807, 2.05) is 6.92 Å². The summed E-state index contributed by atoms with van der Waals surface area (Å²) in [7, 11) is 0. The normalized spacial score (nSPS) is 32.3. The first-order valence-electron chi connectivity index (χ1n) is 5.20. The van der Waals surface area contributed by atoms with Crippen LogP contribution in [-0.4, -0.2) is 41.5 Å². The van der Waals surface area contributed by atoms with Crippen LogP contribution in [0.5, 0.6) is 0 Å². The molecule has 1 saturated heterocycles. The first kappa shape index (κ1) is 11.0. The smallest absolute Gasteiger partial charge is 0.111 e. The van der Waals surface area contributed by atoms with Crippen LogP contribution >= 0.6 is 0 Å². The molecule has 0 saturated carbocycles. The molecule has 3 atom stereocenters. The van der Waals surface area contributed by atoms with Crippen molar-refractivity contribution in [1.82, 2.24) is 4.90 Å². The molecule has 3 unspecified atom stereocenters. The Balaban J connectivity index is 2.44. The van der Waals surface area contributed by atoms with Crippen LogP contribution in [0, 0.1) is 0 Å². The van der Waals surface area contributed by atoms with Gasteiger partial charge >= 0.3 is 0 Å². The third-order valence-electron chi connectivity index (χ3n) is 2.48. The summed E-state index contributed by atoms with van der Waals surface area (Å²) in [5, 5.41) is 9.32. The molecule has 0 aromatic carbocycles. The van der Waals surface area contributed by atoms with Gasteiger partial charge in [0.05, 0.1) is 12.7 Å². The van der Waals surface area contributed by atoms with Crippen LogP contribution in [0.2, 0.25) is 0 Å². The molecule has 78 valence electrons. The van der Waals surface area contributed by atoms with E-state index in [1.165, 1.54) is 0 Å². The third-order valence-corrected chi connectivity index (χ3v) is 2.48. The number of ether oxygens (including phenoxy) is 1. The van der Waals surface area contributed by atoms with Crippen LogP contribution in [0.15, 0.2) is 0 Å². The van der Waals surface area contributed by atoms with Gasteiger partial charge in [0.1, 0.15) is 6.23 Å². The zero-order valence-electron chi connectivity index (χ0n) is 8.86. The Bertz CT molecular complexity index is 148. The number of hydrogen-bond donors (Lipinski definition) is 1. The van der Waals surface area contributed by atoms with Gasteiger partial charge in [-0.1, -0.05) is 13.3 Å². The van der Waals surface area contributed by atoms with E-state index in [1.54, 1.807) is 0 Å². The Morgan fingerprint density at radius 1 is 1.62 bits per heavy atom. The van der Waals surface area contributed by atoms with Gasteiger partial charge in [-0.3, -0.25) is 4.90 Å². The zero-order valence-corrected chi connectivity index (χ0v) is 8.86. The molecule has 3 heteroatoms. The molecule has 0 aliphatic carbocycles. The molecule has 1 aliphatic heterocycles. The van der Waals surface area contributed by atoms with E-state index in [-0.39, 0.29) is 12.3 Å². The van der Waals surface area contributed by atoms with Gasteiger partial charge in [0.15, 0.2) is 0 Å². The van der Waals surface area contributed by atoms with Gasteiger partial charge in [-0.2, -0.15) is 0 Å². The van der Waals surface area contributed by atoms with E-state index in [2.05, 4.69) is 18.7 Å². The molecule has 1 N–H and O–H groups in total. The van der Waals surface area contributed by atoms with E-state index >= 15 is 0 Å². The molecule has 0 amide bonds. The fourth-order valence-electron chi connectivity index (χ4n) is 1.82. The van der Waals surface area contributed by atoms with Crippen molar-refractivity contribution >= 4 is 0 Å². The van der Waals surface area contributed by atoms with Gasteiger partial charge in [0.2, 0.25) is 0 Å². The van der Waals surface area contributed by atoms with Gasteiger partial charge in [0.25, 0.3) is 0 Å². The third kappa shape index (κ3) is 2.93. The molecule has 0 aromatic rings. The Hall–Kier alpha value is -0.120. The minimum atomic E-state index is -0.261. The lowest BCUT2D eigenvalue weighted by Gasteiger charge is -2.26. The summed E-state index contributed by atoms with van der Waals surface area (Å²) >= 11 is 0. The van der Waals surface area contributed by atoms with Crippen LogP contribution < -0.4 is 0 Å². The standard InChI is InChI=1S/C10H21NO2/c1-4-5-10-11(6-9(3)12)8(2)7-13-10/h8-10,12H,4-7H2,1-3H3. The summed E-state index contributed by atoms with van der Waals surface area (Å²) in [6.07, 6.45) is 2.17. The molecule has 3 nitrogen and oxygen atoms in total. The molecule has 13 heavy (non-hydrogen) atoms. The number of nitrogens with zero attached hydrogens (tertiary/aromatic N) is 1. The topological polar surface area (TPSA) is 32.7 Å². The summed E-state index contributed by atoms with van der Waals surface area (Å²) in [5.74, 6) is 0. The van der Waals surface area contributed by atoms with Crippen molar-refractivity contribution in [2.75, 3.05) is 13.2 Å². The first-order valence-corrected chi connectivity index (χ1v) is 5.20. The largest absolute Gasteiger partial charge is 0.392 e. The van der Waals surface area contributed by atoms with E-state index in [0.29, 0.717) is 6.04 Å². The summed E-state index contributed by atoms with van der Waals surface area (Å²) in [6, 6.07) is 0.450. The SMILES string of the molecule is CCCC1OCC(C)N1CC(C)O. The second-order valence-electron chi connectivity index (χ2n) is 3.97. The fraction of sp³-hybridized carbons (Fsp3) is 1.00. The maximum atomic E-state index is 9.32. The number of rotatable bonds is 4. The van der Waals surface area contributed by atoms with E-state index < -0.39 is 0 Å². The minimum absolute atomic E-state index is 0.231. The quantitative estimate of drug-likeness (QED) is 0.718. The Kier molecular flexibility index (Phi) is 4.16. The molecule has 1 aliphatic rings. The summed E-state index contributed by atoms with van der Waals surface area (Å²) < 4.78 is 5.63. The van der Waals surface area contributed by atoms with Crippen molar-refractivity contribution in [3.63, 3.8) is 0 Å². The molecule has 0 spiro atoms. The minimum Gasteiger partial charge on any atom is -0.392 e. The second-order valence-corrected chi connectivity index (χ2v) is 3.97. The summed E-state index contributed by atoms with van der Waals surface area (Å²) in [6.45, 7) is 7.67. The average Bonchev–Trinajstić information content (AvgIpc) is 2.36. The lowest BCUT2D eigenvalue weighted by Crippen LogP contribution is -2.40. The average molecular weight is 187 g/mol. The van der Waals surface area contributed by atoms with Crippen LogP contribution in [0.1, 0.15) is 33.6 Å². The van der Waals surface area contributed by atoms with Crippen LogP contribution in [0.3, 0.4) is 0 Å². The number of aliphatic hydroxyl groups excluding tert-OH is 1. The first-order chi connectivity index (χ1) is 6.15. The van der Waals surface area contributed by atoms with Crippen molar-refractivity contribution in [3.8, 4) is 0 Å². The van der Waals surface area contributed by atoms with Crippen LogP contribution in [0.4, 0.5) is 0 Å². The predicted octanol–water partition coefficient (Wildman–Crippen LogP) is 1.21. The molecular weight excluding hydrogens is 166 g/mol. The Morgan fingerprint density at radius 2 is 2.31 bits per heavy atom. The molecule has 0 aromatic heterocycles.